The van der Waals surface area contributed by atoms with E-state index in [4.69, 9.17) is 4.74 Å². The molecule has 2 aliphatic rings. The summed E-state index contributed by atoms with van der Waals surface area (Å²) in [5.74, 6) is 0.930. The number of nitrogens with zero attached hydrogens (tertiary/aromatic N) is 2. The van der Waals surface area contributed by atoms with Crippen LogP contribution < -0.4 is 15.4 Å². The molecule has 0 saturated heterocycles. The van der Waals surface area contributed by atoms with Gasteiger partial charge in [-0.1, -0.05) is 46.3 Å². The summed E-state index contributed by atoms with van der Waals surface area (Å²) in [6, 6.07) is 15.6. The molecule has 5 rings (SSSR count). The predicted molar refractivity (Wildman–Crippen MR) is 137 cm³/mol. The van der Waals surface area contributed by atoms with Gasteiger partial charge >= 0.3 is 0 Å². The molecule has 3 N–H and O–H groups in total. The first-order chi connectivity index (χ1) is 16.9. The van der Waals surface area contributed by atoms with Crippen molar-refractivity contribution >= 4 is 21.8 Å². The molecule has 8 heteroatoms. The van der Waals surface area contributed by atoms with Crippen LogP contribution in [0.25, 0.3) is 0 Å². The van der Waals surface area contributed by atoms with Gasteiger partial charge in [-0.05, 0) is 49.4 Å². The Morgan fingerprint density at radius 3 is 2.77 bits per heavy atom. The maximum Gasteiger partial charge on any atom is 0.287 e. The highest BCUT2D eigenvalue weighted by molar-refractivity contribution is 9.10. The van der Waals surface area contributed by atoms with E-state index in [1.54, 1.807) is 24.0 Å². The fraction of sp³-hybridized carbons (Fsp3) is 0.407. The molecule has 3 atom stereocenters. The molecule has 1 amide bonds. The number of aromatic nitrogens is 2. The van der Waals surface area contributed by atoms with Gasteiger partial charge in [-0.2, -0.15) is 0 Å². The van der Waals surface area contributed by atoms with E-state index in [1.807, 2.05) is 42.5 Å². The van der Waals surface area contributed by atoms with Crippen molar-refractivity contribution < 1.29 is 14.6 Å². The van der Waals surface area contributed by atoms with E-state index >= 15 is 0 Å². The van der Waals surface area contributed by atoms with Crippen molar-refractivity contribution in [2.24, 2.45) is 7.05 Å². The molecule has 7 nitrogen and oxygen atoms in total. The van der Waals surface area contributed by atoms with Gasteiger partial charge in [0.15, 0.2) is 5.82 Å². The van der Waals surface area contributed by atoms with Crippen LogP contribution in [0.4, 0.5) is 0 Å². The van der Waals surface area contributed by atoms with Crippen LogP contribution in [-0.2, 0) is 13.5 Å². The average Bonchev–Trinajstić information content (AvgIpc) is 3.27. The Labute approximate surface area is 214 Å². The zero-order valence-corrected chi connectivity index (χ0v) is 21.4. The lowest BCUT2D eigenvalue weighted by molar-refractivity contribution is -0.0382. The van der Waals surface area contributed by atoms with E-state index in [2.05, 4.69) is 37.6 Å². The third kappa shape index (κ3) is 5.29. The second-order valence-corrected chi connectivity index (χ2v) is 10.6. The van der Waals surface area contributed by atoms with Crippen LogP contribution in [0.5, 0.6) is 5.75 Å². The van der Waals surface area contributed by atoms with Crippen LogP contribution in [0.3, 0.4) is 0 Å². The average molecular weight is 539 g/mol. The summed E-state index contributed by atoms with van der Waals surface area (Å²) in [6.45, 7) is 0.338. The molecular weight excluding hydrogens is 508 g/mol. The Hall–Kier alpha value is -2.68. The fourth-order valence-electron chi connectivity index (χ4n) is 5.07. The van der Waals surface area contributed by atoms with E-state index < -0.39 is 12.1 Å². The van der Waals surface area contributed by atoms with E-state index in [9.17, 15) is 9.90 Å². The third-order valence-electron chi connectivity index (χ3n) is 7.19. The van der Waals surface area contributed by atoms with Crippen molar-refractivity contribution in [3.8, 4) is 5.75 Å². The van der Waals surface area contributed by atoms with Gasteiger partial charge in [-0.15, -0.1) is 0 Å². The zero-order chi connectivity index (χ0) is 24.4. The molecule has 1 aromatic heterocycles. The van der Waals surface area contributed by atoms with Gasteiger partial charge in [0.1, 0.15) is 11.4 Å². The number of aryl methyl sites for hydroxylation is 1. The van der Waals surface area contributed by atoms with Crippen LogP contribution in [0.15, 0.2) is 65.4 Å². The van der Waals surface area contributed by atoms with Crippen molar-refractivity contribution in [1.82, 2.24) is 20.2 Å². The summed E-state index contributed by atoms with van der Waals surface area (Å²) >= 11 is 3.58. The van der Waals surface area contributed by atoms with Crippen LogP contribution in [0.2, 0.25) is 0 Å². The first-order valence-electron chi connectivity index (χ1n) is 12.1. The van der Waals surface area contributed by atoms with E-state index in [1.165, 1.54) is 6.42 Å². The number of fused-ring (bicyclic) bond motifs is 1. The number of halogens is 1. The number of aliphatic hydroxyl groups is 1. The molecule has 1 fully saturated rings. The van der Waals surface area contributed by atoms with Crippen LogP contribution >= 0.6 is 15.9 Å². The smallest absolute Gasteiger partial charge is 0.287 e. The first kappa shape index (κ1) is 24.0. The maximum atomic E-state index is 12.9. The lowest BCUT2D eigenvalue weighted by atomic mass is 9.73. The molecule has 3 aromatic rings. The normalized spacial score (nSPS) is 19.8. The number of amides is 1. The Balaban J connectivity index is 1.32. The largest absolute Gasteiger partial charge is 0.487 e. The number of carbonyl (C=O) groups excluding carboxylic acids is 1. The summed E-state index contributed by atoms with van der Waals surface area (Å²) in [6.07, 6.45) is 7.20. The van der Waals surface area contributed by atoms with Gasteiger partial charge in [0.2, 0.25) is 0 Å². The Bertz CT molecular complexity index is 1180. The van der Waals surface area contributed by atoms with Crippen LogP contribution in [0, 0.1) is 0 Å². The quantitative estimate of drug-likeness (QED) is 0.404. The van der Waals surface area contributed by atoms with Crippen molar-refractivity contribution in [2.45, 2.75) is 55.9 Å². The molecule has 1 aliphatic heterocycles. The van der Waals surface area contributed by atoms with Gasteiger partial charge in [0, 0.05) is 48.5 Å². The molecule has 1 saturated carbocycles. The molecule has 0 unspecified atom stereocenters. The van der Waals surface area contributed by atoms with Crippen molar-refractivity contribution in [2.75, 3.05) is 6.54 Å². The Morgan fingerprint density at radius 2 is 2.09 bits per heavy atom. The zero-order valence-electron chi connectivity index (χ0n) is 19.8. The molecule has 0 bridgehead atoms. The highest BCUT2D eigenvalue weighted by Crippen LogP contribution is 2.49. The van der Waals surface area contributed by atoms with Gasteiger partial charge in [-0.25, -0.2) is 4.98 Å². The summed E-state index contributed by atoms with van der Waals surface area (Å²) in [5, 5.41) is 17.9. The number of hydrogen-bond acceptors (Lipinski definition) is 5. The summed E-state index contributed by atoms with van der Waals surface area (Å²) in [5.41, 5.74) is 2.03. The van der Waals surface area contributed by atoms with E-state index in [0.717, 1.165) is 40.6 Å². The van der Waals surface area contributed by atoms with Gasteiger partial charge in [0.05, 0.1) is 12.1 Å². The fourth-order valence-corrected chi connectivity index (χ4v) is 5.45. The maximum absolute atomic E-state index is 12.9. The second-order valence-electron chi connectivity index (χ2n) is 9.68. The van der Waals surface area contributed by atoms with Gasteiger partial charge in [0.25, 0.3) is 5.91 Å². The van der Waals surface area contributed by atoms with Crippen molar-refractivity contribution in [3.63, 3.8) is 0 Å². The number of aliphatic hydroxyl groups excluding tert-OH is 1. The number of ether oxygens (including phenoxy) is 1. The van der Waals surface area contributed by atoms with Crippen molar-refractivity contribution in [1.29, 1.82) is 0 Å². The lowest BCUT2D eigenvalue weighted by Crippen LogP contribution is -2.52. The first-order valence-corrected chi connectivity index (χ1v) is 12.9. The Kier molecular flexibility index (Phi) is 6.95. The van der Waals surface area contributed by atoms with Gasteiger partial charge in [-0.3, -0.25) is 4.79 Å². The van der Waals surface area contributed by atoms with Crippen molar-refractivity contribution in [3.05, 3.63) is 82.3 Å². The number of rotatable bonds is 8. The van der Waals surface area contributed by atoms with Gasteiger partial charge < -0.3 is 25.0 Å². The molecule has 1 spiro atoms. The number of benzene rings is 2. The molecule has 35 heavy (non-hydrogen) atoms. The molecule has 184 valence electrons. The minimum Gasteiger partial charge on any atom is -0.487 e. The topological polar surface area (TPSA) is 88.4 Å². The number of hydrogen-bond donors (Lipinski definition) is 3. The minimum atomic E-state index is -0.796. The molecule has 2 aromatic carbocycles. The summed E-state index contributed by atoms with van der Waals surface area (Å²) in [4.78, 5) is 17.1. The highest BCUT2D eigenvalue weighted by atomic mass is 79.9. The number of imidazole rings is 1. The molecule has 0 radical (unpaired) electrons. The second kappa shape index (κ2) is 10.1. The molecular formula is C27H31BrN4O3. The summed E-state index contributed by atoms with van der Waals surface area (Å²) < 4.78 is 9.07. The van der Waals surface area contributed by atoms with Crippen LogP contribution in [0.1, 0.15) is 53.5 Å². The number of nitrogens with one attached hydrogen (secondary N) is 2. The minimum absolute atomic E-state index is 0.0637. The lowest BCUT2D eigenvalue weighted by Gasteiger charge is -2.48. The van der Waals surface area contributed by atoms with Crippen LogP contribution in [-0.4, -0.2) is 44.9 Å². The third-order valence-corrected chi connectivity index (χ3v) is 7.68. The van der Waals surface area contributed by atoms with E-state index in [-0.39, 0.29) is 17.6 Å². The SMILES string of the molecule is Cn1ccnc1C(=O)N[C@@H](Cc1ccccc1)[C@@H](O)CN[C@H]1CC2(CCC2)Oc2ccc(Br)cc21. The monoisotopic (exact) mass is 538 g/mol. The standard InChI is InChI=1S/C27H31BrN4O3/c1-32-13-12-29-25(32)26(34)31-21(14-18-6-3-2-4-7-18)23(33)17-30-22-16-27(10-5-11-27)35-24-9-8-19(28)15-20(22)24/h2-4,6-9,12-13,15,21-23,30,33H,5,10-11,14,16-17H2,1H3,(H,31,34)/t21-,22-,23-/m0/s1. The predicted octanol–water partition coefficient (Wildman–Crippen LogP) is 3.92. The number of carbonyl (C=O) groups is 1. The molecule has 1 aliphatic carbocycles. The highest BCUT2D eigenvalue weighted by Gasteiger charge is 2.45. The Morgan fingerprint density at radius 1 is 1.29 bits per heavy atom. The summed E-state index contributed by atoms with van der Waals surface area (Å²) in [7, 11) is 1.78. The van der Waals surface area contributed by atoms with E-state index in [0.29, 0.717) is 18.8 Å². The molecule has 2 heterocycles.